The van der Waals surface area contributed by atoms with Crippen molar-refractivity contribution in [1.82, 2.24) is 0 Å². The van der Waals surface area contributed by atoms with Gasteiger partial charge >= 0.3 is 5.63 Å². The summed E-state index contributed by atoms with van der Waals surface area (Å²) in [6.45, 7) is 0.734. The molecular weight excluding hydrogens is 358 g/mol. The molecule has 4 N–H and O–H groups in total. The number of fused-ring (bicyclic) bond motifs is 1. The highest BCUT2D eigenvalue weighted by Gasteiger charge is 2.45. The van der Waals surface area contributed by atoms with Crippen LogP contribution in [-0.4, -0.2) is 57.7 Å². The van der Waals surface area contributed by atoms with Gasteiger partial charge in [0.1, 0.15) is 24.4 Å². The van der Waals surface area contributed by atoms with Crippen LogP contribution in [0.15, 0.2) is 21.3 Å². The molecular formula is C16H16F2O8. The minimum atomic E-state index is -1.85. The van der Waals surface area contributed by atoms with E-state index < -0.39 is 65.9 Å². The van der Waals surface area contributed by atoms with E-state index in [-0.39, 0.29) is 10.9 Å². The van der Waals surface area contributed by atoms with E-state index in [1.165, 1.54) is 6.92 Å². The average molecular weight is 374 g/mol. The summed E-state index contributed by atoms with van der Waals surface area (Å²) in [4.78, 5) is 11.4. The fourth-order valence-corrected chi connectivity index (χ4v) is 2.75. The van der Waals surface area contributed by atoms with Crippen molar-refractivity contribution in [2.45, 2.75) is 37.6 Å². The summed E-state index contributed by atoms with van der Waals surface area (Å²) in [5, 5.41) is 38.5. The molecule has 0 unspecified atom stereocenters. The second-order valence-corrected chi connectivity index (χ2v) is 5.94. The third-order valence-electron chi connectivity index (χ3n) is 4.18. The molecule has 0 amide bonds. The summed E-state index contributed by atoms with van der Waals surface area (Å²) in [6.07, 6.45) is -8.39. The highest BCUT2D eigenvalue weighted by molar-refractivity contribution is 5.82. The zero-order valence-electron chi connectivity index (χ0n) is 13.4. The van der Waals surface area contributed by atoms with Crippen molar-refractivity contribution in [3.8, 4) is 5.75 Å². The Hall–Kier alpha value is -2.11. The van der Waals surface area contributed by atoms with E-state index in [1.807, 2.05) is 0 Å². The molecule has 0 saturated carbocycles. The maximum Gasteiger partial charge on any atom is 0.336 e. The van der Waals surface area contributed by atoms with Crippen molar-refractivity contribution in [3.63, 3.8) is 0 Å². The molecule has 1 fully saturated rings. The molecule has 0 radical (unpaired) electrons. The Morgan fingerprint density at radius 1 is 1.15 bits per heavy atom. The first-order chi connectivity index (χ1) is 12.2. The van der Waals surface area contributed by atoms with Crippen LogP contribution in [0, 0.1) is 18.6 Å². The Labute approximate surface area is 144 Å². The van der Waals surface area contributed by atoms with Crippen LogP contribution in [0.1, 0.15) is 5.56 Å². The number of aliphatic hydroxyl groups excluding tert-OH is 4. The SMILES string of the molecule is Cc1cc(=O)oc2c(F)c(O[C@@H]3O[C@H](CO)[C@H](O)[C@H](O)[C@H]3O)c(F)cc12. The standard InChI is InChI=1S/C16H16F2O8/c1-5-2-9(20)25-14-6(5)3-7(17)15(10(14)18)26-16-13(23)12(22)11(21)8(4-19)24-16/h2-3,8,11-13,16,19,21-23H,4H2,1H3/t8-,11+,12+,13-,16+/m1/s1. The third-order valence-corrected chi connectivity index (χ3v) is 4.18. The molecule has 2 heterocycles. The van der Waals surface area contributed by atoms with Crippen molar-refractivity contribution in [3.05, 3.63) is 39.8 Å². The minimum absolute atomic E-state index is 0.0146. The highest BCUT2D eigenvalue weighted by atomic mass is 19.1. The summed E-state index contributed by atoms with van der Waals surface area (Å²) in [6, 6.07) is 1.95. The summed E-state index contributed by atoms with van der Waals surface area (Å²) < 4.78 is 43.7. The number of aryl methyl sites for hydroxylation is 1. The Morgan fingerprint density at radius 2 is 1.85 bits per heavy atom. The van der Waals surface area contributed by atoms with Gasteiger partial charge in [-0.2, -0.15) is 4.39 Å². The monoisotopic (exact) mass is 374 g/mol. The molecule has 8 nitrogen and oxygen atoms in total. The van der Waals surface area contributed by atoms with Gasteiger partial charge < -0.3 is 34.3 Å². The van der Waals surface area contributed by atoms with Crippen LogP contribution in [0.4, 0.5) is 8.78 Å². The molecule has 1 aliphatic heterocycles. The van der Waals surface area contributed by atoms with Crippen LogP contribution >= 0.6 is 0 Å². The molecule has 3 rings (SSSR count). The molecule has 1 saturated heterocycles. The van der Waals surface area contributed by atoms with E-state index in [0.29, 0.717) is 0 Å². The molecule has 2 aromatic rings. The second kappa shape index (κ2) is 6.89. The Bertz CT molecular complexity index is 881. The summed E-state index contributed by atoms with van der Waals surface area (Å²) in [7, 11) is 0. The maximum absolute atomic E-state index is 14.6. The second-order valence-electron chi connectivity index (χ2n) is 5.94. The van der Waals surface area contributed by atoms with Gasteiger partial charge in [0.05, 0.1) is 6.61 Å². The van der Waals surface area contributed by atoms with Crippen LogP contribution < -0.4 is 10.4 Å². The van der Waals surface area contributed by atoms with E-state index in [9.17, 15) is 28.9 Å². The molecule has 0 bridgehead atoms. The van der Waals surface area contributed by atoms with Gasteiger partial charge in [-0.1, -0.05) is 0 Å². The van der Waals surface area contributed by atoms with Gasteiger partial charge in [0.2, 0.25) is 12.1 Å². The van der Waals surface area contributed by atoms with Gasteiger partial charge in [-0.05, 0) is 18.6 Å². The smallest absolute Gasteiger partial charge is 0.336 e. The third kappa shape index (κ3) is 3.06. The van der Waals surface area contributed by atoms with Crippen LogP contribution in [0.5, 0.6) is 5.75 Å². The Balaban J connectivity index is 2.02. The number of ether oxygens (including phenoxy) is 2. The lowest BCUT2D eigenvalue weighted by Gasteiger charge is -2.39. The number of benzene rings is 1. The molecule has 1 aromatic carbocycles. The van der Waals surface area contributed by atoms with Crippen LogP contribution in [0.3, 0.4) is 0 Å². The van der Waals surface area contributed by atoms with Gasteiger partial charge in [-0.25, -0.2) is 9.18 Å². The fraction of sp³-hybridized carbons (Fsp3) is 0.438. The Kier molecular flexibility index (Phi) is 4.95. The molecule has 1 aliphatic rings. The van der Waals surface area contributed by atoms with Crippen molar-refractivity contribution in [1.29, 1.82) is 0 Å². The topological polar surface area (TPSA) is 130 Å². The van der Waals surface area contributed by atoms with Crippen LogP contribution in [0.2, 0.25) is 0 Å². The normalized spacial score (nSPS) is 29.1. The first-order valence-electron chi connectivity index (χ1n) is 7.64. The zero-order valence-corrected chi connectivity index (χ0v) is 13.4. The van der Waals surface area contributed by atoms with Crippen molar-refractivity contribution in [2.24, 2.45) is 0 Å². The number of aliphatic hydroxyl groups is 4. The lowest BCUT2D eigenvalue weighted by atomic mass is 9.99. The van der Waals surface area contributed by atoms with Crippen molar-refractivity contribution >= 4 is 11.0 Å². The van der Waals surface area contributed by atoms with Gasteiger partial charge in [0, 0.05) is 11.5 Å². The molecule has 0 aliphatic carbocycles. The summed E-state index contributed by atoms with van der Waals surface area (Å²) >= 11 is 0. The van der Waals surface area contributed by atoms with Crippen molar-refractivity contribution in [2.75, 3.05) is 6.61 Å². The van der Waals surface area contributed by atoms with E-state index in [0.717, 1.165) is 12.1 Å². The Morgan fingerprint density at radius 3 is 2.50 bits per heavy atom. The molecule has 142 valence electrons. The minimum Gasteiger partial charge on any atom is -0.456 e. The molecule has 26 heavy (non-hydrogen) atoms. The quantitative estimate of drug-likeness (QED) is 0.532. The summed E-state index contributed by atoms with van der Waals surface area (Å²) in [5.74, 6) is -3.50. The first-order valence-corrected chi connectivity index (χ1v) is 7.64. The summed E-state index contributed by atoms with van der Waals surface area (Å²) in [5.41, 5.74) is -1.11. The number of hydrogen-bond acceptors (Lipinski definition) is 8. The van der Waals surface area contributed by atoms with Gasteiger partial charge in [0.15, 0.2) is 17.1 Å². The van der Waals surface area contributed by atoms with Gasteiger partial charge in [-0.3, -0.25) is 0 Å². The van der Waals surface area contributed by atoms with Gasteiger partial charge in [0.25, 0.3) is 0 Å². The van der Waals surface area contributed by atoms with Gasteiger partial charge in [-0.15, -0.1) is 0 Å². The molecule has 10 heteroatoms. The highest BCUT2D eigenvalue weighted by Crippen LogP contribution is 2.33. The van der Waals surface area contributed by atoms with E-state index in [4.69, 9.17) is 19.0 Å². The van der Waals surface area contributed by atoms with E-state index in [1.54, 1.807) is 0 Å². The lowest BCUT2D eigenvalue weighted by Crippen LogP contribution is -2.60. The van der Waals surface area contributed by atoms with E-state index >= 15 is 0 Å². The fourth-order valence-electron chi connectivity index (χ4n) is 2.75. The molecule has 1 aromatic heterocycles. The zero-order chi connectivity index (χ0) is 19.2. The number of rotatable bonds is 3. The number of halogens is 2. The average Bonchev–Trinajstić information content (AvgIpc) is 2.59. The largest absolute Gasteiger partial charge is 0.456 e. The van der Waals surface area contributed by atoms with Crippen molar-refractivity contribution < 1.29 is 43.1 Å². The molecule has 0 spiro atoms. The van der Waals surface area contributed by atoms with E-state index in [2.05, 4.69) is 0 Å². The first kappa shape index (κ1) is 18.7. The lowest BCUT2D eigenvalue weighted by molar-refractivity contribution is -0.278. The van der Waals surface area contributed by atoms with Crippen LogP contribution in [-0.2, 0) is 4.74 Å². The molecule has 5 atom stereocenters. The van der Waals surface area contributed by atoms with Crippen LogP contribution in [0.25, 0.3) is 11.0 Å². The number of hydrogen-bond donors (Lipinski definition) is 4. The maximum atomic E-state index is 14.6. The predicted molar refractivity (Wildman–Crippen MR) is 81.5 cm³/mol. The predicted octanol–water partition coefficient (Wildman–Crippen LogP) is -0.442.